The Labute approximate surface area is 91.7 Å². The fourth-order valence-electron chi connectivity index (χ4n) is 0.895. The second-order valence-electron chi connectivity index (χ2n) is 2.91. The van der Waals surface area contributed by atoms with E-state index in [4.69, 9.17) is 21.8 Å². The van der Waals surface area contributed by atoms with Gasteiger partial charge in [-0.2, -0.15) is 0 Å². The van der Waals surface area contributed by atoms with Gasteiger partial charge in [-0.1, -0.05) is 11.6 Å². The Morgan fingerprint density at radius 1 is 1.67 bits per heavy atom. The van der Waals surface area contributed by atoms with E-state index in [-0.39, 0.29) is 12.2 Å². The Balaban J connectivity index is 2.54. The first-order chi connectivity index (χ1) is 7.13. The van der Waals surface area contributed by atoms with E-state index in [1.165, 1.54) is 12.3 Å². The van der Waals surface area contributed by atoms with Crippen molar-refractivity contribution in [2.45, 2.75) is 6.10 Å². The lowest BCUT2D eigenvalue weighted by molar-refractivity contribution is 0.0799. The molecule has 0 aromatic carbocycles. The summed E-state index contributed by atoms with van der Waals surface area (Å²) < 4.78 is 0. The van der Waals surface area contributed by atoms with Crippen LogP contribution in [0.25, 0.3) is 0 Å². The normalized spacial score (nSPS) is 12.2. The first-order valence-corrected chi connectivity index (χ1v) is 4.70. The maximum absolute atomic E-state index is 11.4. The average molecular weight is 231 g/mol. The van der Waals surface area contributed by atoms with Crippen molar-refractivity contribution >= 4 is 17.5 Å². The number of amides is 1. The Hall–Kier alpha value is -1.17. The highest BCUT2D eigenvalue weighted by atomic mass is 35.5. The number of halogens is 1. The van der Waals surface area contributed by atoms with Gasteiger partial charge in [0.25, 0.3) is 5.91 Å². The van der Waals surface area contributed by atoms with Crippen LogP contribution in [0.4, 0.5) is 0 Å². The number of aliphatic hydroxyl groups is 2. The van der Waals surface area contributed by atoms with Crippen molar-refractivity contribution in [1.29, 1.82) is 0 Å². The number of rotatable bonds is 4. The summed E-state index contributed by atoms with van der Waals surface area (Å²) in [6, 6.07) is 2.98. The van der Waals surface area contributed by atoms with Gasteiger partial charge in [0.2, 0.25) is 0 Å². The van der Waals surface area contributed by atoms with Crippen LogP contribution >= 0.6 is 11.6 Å². The maximum Gasteiger partial charge on any atom is 0.270 e. The van der Waals surface area contributed by atoms with Crippen LogP contribution < -0.4 is 5.32 Å². The third kappa shape index (κ3) is 3.83. The minimum atomic E-state index is -0.965. The molecule has 0 radical (unpaired) electrons. The molecule has 0 aliphatic rings. The molecule has 82 valence electrons. The largest absolute Gasteiger partial charge is 0.394 e. The van der Waals surface area contributed by atoms with E-state index in [9.17, 15) is 4.79 Å². The summed E-state index contributed by atoms with van der Waals surface area (Å²) in [4.78, 5) is 15.2. The topological polar surface area (TPSA) is 82.5 Å². The molecular weight excluding hydrogens is 220 g/mol. The molecule has 0 aliphatic carbocycles. The van der Waals surface area contributed by atoms with Crippen molar-refractivity contribution in [3.63, 3.8) is 0 Å². The van der Waals surface area contributed by atoms with Crippen LogP contribution in [0.15, 0.2) is 18.3 Å². The Kier molecular flexibility index (Phi) is 4.48. The number of carbonyl (C=O) groups excluding carboxylic acids is 1. The minimum Gasteiger partial charge on any atom is -0.394 e. The van der Waals surface area contributed by atoms with Crippen molar-refractivity contribution in [2.75, 3.05) is 13.2 Å². The van der Waals surface area contributed by atoms with Gasteiger partial charge in [-0.3, -0.25) is 9.78 Å². The highest BCUT2D eigenvalue weighted by molar-refractivity contribution is 6.30. The standard InChI is InChI=1S/C9H11ClN2O3/c10-6-1-2-11-8(3-6)9(15)12-4-7(14)5-13/h1-3,7,13-14H,4-5H2,(H,12,15). The van der Waals surface area contributed by atoms with Gasteiger partial charge in [0.05, 0.1) is 12.7 Å². The molecule has 1 aromatic heterocycles. The molecule has 0 aliphatic heterocycles. The molecule has 0 saturated carbocycles. The zero-order valence-electron chi connectivity index (χ0n) is 7.85. The van der Waals surface area contributed by atoms with E-state index in [0.29, 0.717) is 5.02 Å². The van der Waals surface area contributed by atoms with Gasteiger partial charge in [0.15, 0.2) is 0 Å². The van der Waals surface area contributed by atoms with E-state index in [0.717, 1.165) is 0 Å². The van der Waals surface area contributed by atoms with Crippen molar-refractivity contribution in [1.82, 2.24) is 10.3 Å². The van der Waals surface area contributed by atoms with E-state index in [2.05, 4.69) is 10.3 Å². The number of aliphatic hydroxyl groups excluding tert-OH is 2. The molecule has 3 N–H and O–H groups in total. The van der Waals surface area contributed by atoms with E-state index >= 15 is 0 Å². The maximum atomic E-state index is 11.4. The number of nitrogens with one attached hydrogen (secondary N) is 1. The van der Waals surface area contributed by atoms with E-state index in [1.807, 2.05) is 0 Å². The summed E-state index contributed by atoms with van der Waals surface area (Å²) in [5.74, 6) is -0.440. The average Bonchev–Trinajstić information content (AvgIpc) is 2.25. The highest BCUT2D eigenvalue weighted by Gasteiger charge is 2.09. The minimum absolute atomic E-state index is 0.0243. The smallest absolute Gasteiger partial charge is 0.270 e. The fraction of sp³-hybridized carbons (Fsp3) is 0.333. The molecule has 0 bridgehead atoms. The highest BCUT2D eigenvalue weighted by Crippen LogP contribution is 2.07. The second-order valence-corrected chi connectivity index (χ2v) is 3.34. The number of carbonyl (C=O) groups is 1. The van der Waals surface area contributed by atoms with E-state index < -0.39 is 18.6 Å². The third-order valence-corrected chi connectivity index (χ3v) is 1.90. The first kappa shape index (κ1) is 11.9. The monoisotopic (exact) mass is 230 g/mol. The number of nitrogens with zero attached hydrogens (tertiary/aromatic N) is 1. The Bertz CT molecular complexity index is 346. The molecule has 1 aromatic rings. The molecule has 1 rings (SSSR count). The van der Waals surface area contributed by atoms with Crippen LogP contribution in [0.2, 0.25) is 5.02 Å². The van der Waals surface area contributed by atoms with Crippen molar-refractivity contribution < 1.29 is 15.0 Å². The van der Waals surface area contributed by atoms with Gasteiger partial charge in [-0.25, -0.2) is 0 Å². The number of aromatic nitrogens is 1. The summed E-state index contributed by atoms with van der Waals surface area (Å²) in [5.41, 5.74) is 0.174. The van der Waals surface area contributed by atoms with E-state index in [1.54, 1.807) is 6.07 Å². The van der Waals surface area contributed by atoms with Gasteiger partial charge < -0.3 is 15.5 Å². The molecule has 1 amide bonds. The lowest BCUT2D eigenvalue weighted by Crippen LogP contribution is -2.34. The molecule has 0 fully saturated rings. The molecule has 0 spiro atoms. The van der Waals surface area contributed by atoms with Gasteiger partial charge >= 0.3 is 0 Å². The quantitative estimate of drug-likeness (QED) is 0.670. The van der Waals surface area contributed by atoms with Gasteiger partial charge in [-0.05, 0) is 12.1 Å². The zero-order valence-corrected chi connectivity index (χ0v) is 8.61. The lowest BCUT2D eigenvalue weighted by Gasteiger charge is -2.08. The van der Waals surface area contributed by atoms with Crippen LogP contribution in [-0.2, 0) is 0 Å². The number of hydrogen-bond acceptors (Lipinski definition) is 4. The molecule has 5 nitrogen and oxygen atoms in total. The zero-order chi connectivity index (χ0) is 11.3. The summed E-state index contributed by atoms with van der Waals surface area (Å²) in [6.07, 6.45) is 0.452. The van der Waals surface area contributed by atoms with Crippen molar-refractivity contribution in [3.05, 3.63) is 29.0 Å². The van der Waals surface area contributed by atoms with Crippen LogP contribution in [0, 0.1) is 0 Å². The fourth-order valence-corrected chi connectivity index (χ4v) is 1.05. The summed E-state index contributed by atoms with van der Waals surface area (Å²) in [7, 11) is 0. The van der Waals surface area contributed by atoms with Crippen LogP contribution in [-0.4, -0.2) is 40.4 Å². The molecule has 1 heterocycles. The van der Waals surface area contributed by atoms with Crippen LogP contribution in [0.5, 0.6) is 0 Å². The molecule has 15 heavy (non-hydrogen) atoms. The summed E-state index contributed by atoms with van der Waals surface area (Å²) in [6.45, 7) is -0.424. The number of pyridine rings is 1. The molecule has 1 atom stereocenters. The summed E-state index contributed by atoms with van der Waals surface area (Å²) >= 11 is 5.67. The predicted molar refractivity (Wildman–Crippen MR) is 54.7 cm³/mol. The first-order valence-electron chi connectivity index (χ1n) is 4.32. The van der Waals surface area contributed by atoms with Gasteiger partial charge in [0.1, 0.15) is 5.69 Å². The number of hydrogen-bond donors (Lipinski definition) is 3. The Morgan fingerprint density at radius 3 is 3.00 bits per heavy atom. The Morgan fingerprint density at radius 2 is 2.40 bits per heavy atom. The lowest BCUT2D eigenvalue weighted by atomic mass is 10.3. The molecular formula is C9H11ClN2O3. The van der Waals surface area contributed by atoms with Crippen molar-refractivity contribution in [2.24, 2.45) is 0 Å². The SMILES string of the molecule is O=C(NCC(O)CO)c1cc(Cl)ccn1. The van der Waals surface area contributed by atoms with Crippen molar-refractivity contribution in [3.8, 4) is 0 Å². The van der Waals surface area contributed by atoms with Gasteiger partial charge in [0, 0.05) is 17.8 Å². The molecule has 0 saturated heterocycles. The van der Waals surface area contributed by atoms with Gasteiger partial charge in [-0.15, -0.1) is 0 Å². The summed E-state index contributed by atoms with van der Waals surface area (Å²) in [5, 5.41) is 20.3. The predicted octanol–water partition coefficient (Wildman–Crippen LogP) is -0.182. The van der Waals surface area contributed by atoms with Crippen LogP contribution in [0.1, 0.15) is 10.5 Å². The second kappa shape index (κ2) is 5.65. The third-order valence-electron chi connectivity index (χ3n) is 1.66. The molecule has 1 unspecified atom stereocenters. The van der Waals surface area contributed by atoms with Crippen LogP contribution in [0.3, 0.4) is 0 Å². The molecule has 6 heteroatoms.